The summed E-state index contributed by atoms with van der Waals surface area (Å²) >= 11 is 5.41. The first kappa shape index (κ1) is 19.2. The second-order valence-corrected chi connectivity index (χ2v) is 6.75. The van der Waals surface area contributed by atoms with Gasteiger partial charge in [0.2, 0.25) is 0 Å². The van der Waals surface area contributed by atoms with Crippen LogP contribution >= 0.6 is 12.2 Å². The fourth-order valence-electron chi connectivity index (χ4n) is 2.71. The number of fused-ring (bicyclic) bond motifs is 1. The van der Waals surface area contributed by atoms with Crippen LogP contribution in [0.15, 0.2) is 29.1 Å². The number of H-pyrrole nitrogens is 1. The highest BCUT2D eigenvalue weighted by atomic mass is 32.1. The van der Waals surface area contributed by atoms with Crippen molar-refractivity contribution in [2.24, 2.45) is 0 Å². The average molecular weight is 364 g/mol. The van der Waals surface area contributed by atoms with Gasteiger partial charge in [-0.2, -0.15) is 0 Å². The van der Waals surface area contributed by atoms with Crippen LogP contribution in [0.2, 0.25) is 0 Å². The summed E-state index contributed by atoms with van der Waals surface area (Å²) in [5.74, 6) is 0.766. The quantitative estimate of drug-likeness (QED) is 0.621. The van der Waals surface area contributed by atoms with Crippen LogP contribution < -0.4 is 20.5 Å². The highest BCUT2D eigenvalue weighted by molar-refractivity contribution is 7.80. The van der Waals surface area contributed by atoms with E-state index >= 15 is 0 Å². The summed E-state index contributed by atoms with van der Waals surface area (Å²) in [4.78, 5) is 18.8. The first-order valence-electron chi connectivity index (χ1n) is 8.40. The predicted octanol–water partition coefficient (Wildman–Crippen LogP) is 0.378. The average Bonchev–Trinajstić information content (AvgIpc) is 2.59. The number of thiocarbonyl (C=S) groups is 1. The smallest absolute Gasteiger partial charge is 0.253 e. The van der Waals surface area contributed by atoms with E-state index in [0.29, 0.717) is 17.2 Å². The molecule has 0 aliphatic heterocycles. The van der Waals surface area contributed by atoms with Crippen LogP contribution in [0.3, 0.4) is 0 Å². The molecule has 2 aromatic rings. The lowest BCUT2D eigenvalue weighted by atomic mass is 10.1. The SMILES string of the molecule is CNC(=S)N(CCC[NH+](C)C)Cc1cc2cc(OC)ccc2[nH]c1=O. The van der Waals surface area contributed by atoms with E-state index in [2.05, 4.69) is 24.4 Å². The molecule has 0 fully saturated rings. The van der Waals surface area contributed by atoms with Crippen molar-refractivity contribution in [1.82, 2.24) is 15.2 Å². The van der Waals surface area contributed by atoms with Gasteiger partial charge in [-0.05, 0) is 36.5 Å². The Labute approximate surface area is 153 Å². The number of hydrogen-bond donors (Lipinski definition) is 3. The number of quaternary nitrogens is 1. The fourth-order valence-corrected chi connectivity index (χ4v) is 2.87. The summed E-state index contributed by atoms with van der Waals surface area (Å²) in [6.07, 6.45) is 1.00. The summed E-state index contributed by atoms with van der Waals surface area (Å²) in [5.41, 5.74) is 1.41. The van der Waals surface area contributed by atoms with Crippen molar-refractivity contribution in [1.29, 1.82) is 0 Å². The lowest BCUT2D eigenvalue weighted by molar-refractivity contribution is -0.858. The first-order valence-corrected chi connectivity index (χ1v) is 8.81. The van der Waals surface area contributed by atoms with Gasteiger partial charge in [-0.15, -0.1) is 0 Å². The number of pyridine rings is 1. The molecule has 0 radical (unpaired) electrons. The Hall–Kier alpha value is -2.12. The molecule has 136 valence electrons. The molecule has 1 heterocycles. The van der Waals surface area contributed by atoms with Gasteiger partial charge in [0.15, 0.2) is 5.11 Å². The molecule has 0 saturated carbocycles. The first-order chi connectivity index (χ1) is 11.9. The summed E-state index contributed by atoms with van der Waals surface area (Å²) in [6, 6.07) is 7.53. The van der Waals surface area contributed by atoms with Crippen molar-refractivity contribution < 1.29 is 9.64 Å². The normalized spacial score (nSPS) is 10.9. The van der Waals surface area contributed by atoms with E-state index in [0.717, 1.165) is 36.2 Å². The molecule has 1 aromatic heterocycles. The van der Waals surface area contributed by atoms with Gasteiger partial charge in [0.1, 0.15) is 5.75 Å². The Balaban J connectivity index is 2.25. The minimum absolute atomic E-state index is 0.0835. The summed E-state index contributed by atoms with van der Waals surface area (Å²) in [6.45, 7) is 2.33. The molecule has 0 bridgehead atoms. The third-order valence-corrected chi connectivity index (χ3v) is 4.56. The summed E-state index contributed by atoms with van der Waals surface area (Å²) in [5, 5.41) is 4.61. The Morgan fingerprint density at radius 2 is 2.12 bits per heavy atom. The molecule has 7 heteroatoms. The second kappa shape index (κ2) is 8.82. The molecule has 0 aliphatic rings. The molecule has 0 atom stereocenters. The van der Waals surface area contributed by atoms with E-state index in [-0.39, 0.29) is 5.56 Å². The topological polar surface area (TPSA) is 61.8 Å². The van der Waals surface area contributed by atoms with E-state index in [1.165, 1.54) is 4.90 Å². The second-order valence-electron chi connectivity index (χ2n) is 6.36. The van der Waals surface area contributed by atoms with Crippen LogP contribution in [0.25, 0.3) is 10.9 Å². The number of nitrogens with zero attached hydrogens (tertiary/aromatic N) is 1. The van der Waals surface area contributed by atoms with Crippen LogP contribution in [0.5, 0.6) is 5.75 Å². The van der Waals surface area contributed by atoms with Crippen LogP contribution in [-0.2, 0) is 6.54 Å². The minimum Gasteiger partial charge on any atom is -0.497 e. The van der Waals surface area contributed by atoms with Gasteiger partial charge in [-0.3, -0.25) is 4.79 Å². The zero-order chi connectivity index (χ0) is 18.4. The van der Waals surface area contributed by atoms with Crippen molar-refractivity contribution in [2.45, 2.75) is 13.0 Å². The highest BCUT2D eigenvalue weighted by Gasteiger charge is 2.13. The third kappa shape index (κ3) is 5.17. The Morgan fingerprint density at radius 3 is 2.76 bits per heavy atom. The van der Waals surface area contributed by atoms with Crippen molar-refractivity contribution in [3.8, 4) is 5.75 Å². The number of rotatable bonds is 7. The molecule has 3 N–H and O–H groups in total. The van der Waals surface area contributed by atoms with Crippen molar-refractivity contribution in [2.75, 3.05) is 41.3 Å². The molecule has 1 aromatic carbocycles. The van der Waals surface area contributed by atoms with Gasteiger partial charge in [0.05, 0.1) is 34.3 Å². The maximum atomic E-state index is 12.4. The summed E-state index contributed by atoms with van der Waals surface area (Å²) < 4.78 is 5.27. The molecule has 0 aliphatic carbocycles. The number of nitrogens with one attached hydrogen (secondary N) is 3. The maximum Gasteiger partial charge on any atom is 0.253 e. The van der Waals surface area contributed by atoms with E-state index < -0.39 is 0 Å². The van der Waals surface area contributed by atoms with Gasteiger partial charge in [0, 0.05) is 36.5 Å². The molecular formula is C18H27N4O2S+. The maximum absolute atomic E-state index is 12.4. The van der Waals surface area contributed by atoms with Gasteiger partial charge < -0.3 is 24.8 Å². The third-order valence-electron chi connectivity index (χ3n) is 4.10. The number of ether oxygens (including phenoxy) is 1. The molecule has 0 saturated heterocycles. The Kier molecular flexibility index (Phi) is 6.78. The van der Waals surface area contributed by atoms with Crippen LogP contribution in [0.1, 0.15) is 12.0 Å². The zero-order valence-corrected chi connectivity index (χ0v) is 16.1. The molecule has 2 rings (SSSR count). The molecule has 0 spiro atoms. The van der Waals surface area contributed by atoms with E-state index in [1.54, 1.807) is 7.11 Å². The summed E-state index contributed by atoms with van der Waals surface area (Å²) in [7, 11) is 7.69. The number of aromatic amines is 1. The monoisotopic (exact) mass is 363 g/mol. The minimum atomic E-state index is -0.0835. The lowest BCUT2D eigenvalue weighted by Gasteiger charge is -2.25. The van der Waals surface area contributed by atoms with Crippen molar-refractivity contribution in [3.05, 3.63) is 40.2 Å². The number of aromatic nitrogens is 1. The van der Waals surface area contributed by atoms with Gasteiger partial charge in [-0.1, -0.05) is 0 Å². The fraction of sp³-hybridized carbons (Fsp3) is 0.444. The molecule has 6 nitrogen and oxygen atoms in total. The Morgan fingerprint density at radius 1 is 1.36 bits per heavy atom. The van der Waals surface area contributed by atoms with E-state index in [4.69, 9.17) is 17.0 Å². The lowest BCUT2D eigenvalue weighted by Crippen LogP contribution is -3.05. The zero-order valence-electron chi connectivity index (χ0n) is 15.3. The van der Waals surface area contributed by atoms with E-state index in [9.17, 15) is 4.79 Å². The molecule has 25 heavy (non-hydrogen) atoms. The highest BCUT2D eigenvalue weighted by Crippen LogP contribution is 2.19. The van der Waals surface area contributed by atoms with Crippen molar-refractivity contribution in [3.63, 3.8) is 0 Å². The molecule has 0 amide bonds. The molecule has 0 unspecified atom stereocenters. The van der Waals surface area contributed by atoms with Crippen LogP contribution in [0, 0.1) is 0 Å². The number of hydrogen-bond acceptors (Lipinski definition) is 3. The van der Waals surface area contributed by atoms with Gasteiger partial charge >= 0.3 is 0 Å². The van der Waals surface area contributed by atoms with Gasteiger partial charge in [-0.25, -0.2) is 0 Å². The Bertz CT molecular complexity index is 788. The predicted molar refractivity (Wildman–Crippen MR) is 105 cm³/mol. The standard InChI is InChI=1S/C18H26N4O2S/c1-19-18(25)22(9-5-8-21(2)3)12-14-10-13-11-15(24-4)6-7-16(13)20-17(14)23/h6-7,10-11H,5,8-9,12H2,1-4H3,(H,19,25)(H,20,23)/p+1. The number of methoxy groups -OCH3 is 1. The number of benzene rings is 1. The largest absolute Gasteiger partial charge is 0.497 e. The van der Waals surface area contributed by atoms with Gasteiger partial charge in [0.25, 0.3) is 5.56 Å². The molecular weight excluding hydrogens is 336 g/mol. The van der Waals surface area contributed by atoms with Crippen molar-refractivity contribution >= 4 is 28.2 Å². The van der Waals surface area contributed by atoms with Crippen LogP contribution in [-0.4, -0.2) is 56.3 Å². The van der Waals surface area contributed by atoms with E-state index in [1.807, 2.05) is 36.2 Å². The van der Waals surface area contributed by atoms with Crippen LogP contribution in [0.4, 0.5) is 0 Å².